The molecule has 3 nitrogen and oxygen atoms in total. The maximum absolute atomic E-state index is 12.4. The zero-order chi connectivity index (χ0) is 14.6. The fourth-order valence-corrected chi connectivity index (χ4v) is 2.95. The summed E-state index contributed by atoms with van der Waals surface area (Å²) in [7, 11) is 0. The topological polar surface area (TPSA) is 52.9 Å². The van der Waals surface area contributed by atoms with Crippen LogP contribution in [0.5, 0.6) is 0 Å². The molecule has 0 heterocycles. The molecule has 5 heteroatoms. The minimum absolute atomic E-state index is 0.230. The highest BCUT2D eigenvalue weighted by molar-refractivity contribution is 6.43. The van der Waals surface area contributed by atoms with Crippen LogP contribution in [0.25, 0.3) is 0 Å². The summed E-state index contributed by atoms with van der Waals surface area (Å²) in [6, 6.07) is 7.21. The molecule has 1 aromatic rings. The summed E-state index contributed by atoms with van der Waals surface area (Å²) in [5.41, 5.74) is -0.461. The van der Waals surface area contributed by atoms with Gasteiger partial charge in [0.05, 0.1) is 21.7 Å². The first-order valence-corrected chi connectivity index (χ1v) is 7.51. The van der Waals surface area contributed by atoms with Crippen LogP contribution in [0.3, 0.4) is 0 Å². The molecule has 0 aliphatic heterocycles. The quantitative estimate of drug-likeness (QED) is 0.826. The van der Waals surface area contributed by atoms with Gasteiger partial charge in [0.25, 0.3) is 5.91 Å². The first-order chi connectivity index (χ1) is 9.58. The van der Waals surface area contributed by atoms with Crippen molar-refractivity contribution in [2.45, 2.75) is 44.1 Å². The molecule has 0 spiro atoms. The van der Waals surface area contributed by atoms with E-state index in [1.807, 2.05) is 0 Å². The summed E-state index contributed by atoms with van der Waals surface area (Å²) in [4.78, 5) is 12.4. The number of halogens is 2. The normalized spacial score (nSPS) is 17.9. The average Bonchev–Trinajstić information content (AvgIpc) is 2.68. The van der Waals surface area contributed by atoms with Crippen molar-refractivity contribution in [3.63, 3.8) is 0 Å². The molecule has 0 saturated heterocycles. The molecule has 1 aliphatic rings. The number of nitrogens with one attached hydrogen (secondary N) is 1. The highest BCUT2D eigenvalue weighted by atomic mass is 35.5. The molecule has 106 valence electrons. The Kier molecular flexibility index (Phi) is 4.91. The van der Waals surface area contributed by atoms with Crippen molar-refractivity contribution in [3.8, 4) is 6.07 Å². The number of hydrogen-bond acceptors (Lipinski definition) is 2. The van der Waals surface area contributed by atoms with Gasteiger partial charge in [-0.3, -0.25) is 4.79 Å². The Labute approximate surface area is 128 Å². The minimum Gasteiger partial charge on any atom is -0.334 e. The van der Waals surface area contributed by atoms with Crippen molar-refractivity contribution in [2.24, 2.45) is 0 Å². The second-order valence-electron chi connectivity index (χ2n) is 5.16. The molecule has 20 heavy (non-hydrogen) atoms. The lowest BCUT2D eigenvalue weighted by Crippen LogP contribution is -2.47. The predicted molar refractivity (Wildman–Crippen MR) is 80.0 cm³/mol. The van der Waals surface area contributed by atoms with E-state index in [1.165, 1.54) is 0 Å². The summed E-state index contributed by atoms with van der Waals surface area (Å²) < 4.78 is 0. The number of nitrogens with zero attached hydrogens (tertiary/aromatic N) is 1. The molecule has 1 amide bonds. The van der Waals surface area contributed by atoms with Crippen molar-refractivity contribution in [2.75, 3.05) is 0 Å². The fraction of sp³-hybridized carbons (Fsp3) is 0.467. The highest BCUT2D eigenvalue weighted by Crippen LogP contribution is 2.29. The van der Waals surface area contributed by atoms with Crippen molar-refractivity contribution >= 4 is 29.1 Å². The van der Waals surface area contributed by atoms with Crippen LogP contribution < -0.4 is 5.32 Å². The third kappa shape index (κ3) is 3.26. The summed E-state index contributed by atoms with van der Waals surface area (Å²) in [5, 5.41) is 12.9. The van der Waals surface area contributed by atoms with Gasteiger partial charge < -0.3 is 5.32 Å². The van der Waals surface area contributed by atoms with E-state index in [4.69, 9.17) is 23.2 Å². The Bertz CT molecular complexity index is 543. The Hall–Kier alpha value is -1.24. The molecule has 1 aromatic carbocycles. The van der Waals surface area contributed by atoms with Gasteiger partial charge in [-0.25, -0.2) is 0 Å². The highest BCUT2D eigenvalue weighted by Gasteiger charge is 2.33. The second-order valence-corrected chi connectivity index (χ2v) is 5.95. The third-order valence-electron chi connectivity index (χ3n) is 3.72. The molecule has 0 aromatic heterocycles. The van der Waals surface area contributed by atoms with Crippen LogP contribution in [-0.2, 0) is 0 Å². The zero-order valence-electron chi connectivity index (χ0n) is 11.1. The Balaban J connectivity index is 2.21. The standard InChI is InChI=1S/C15H16Cl2N2O/c16-12-7-5-6-11(13(12)17)14(20)19-15(10-18)8-3-1-2-4-9-15/h5-7H,1-4,8-9H2,(H,19,20). The van der Waals surface area contributed by atoms with Gasteiger partial charge in [0.15, 0.2) is 0 Å². The summed E-state index contributed by atoms with van der Waals surface area (Å²) in [5.74, 6) is -0.332. The average molecular weight is 311 g/mol. The zero-order valence-corrected chi connectivity index (χ0v) is 12.6. The SMILES string of the molecule is N#CC1(NC(=O)c2cccc(Cl)c2Cl)CCCCCC1. The van der Waals surface area contributed by atoms with Crippen LogP contribution in [0, 0.1) is 11.3 Å². The summed E-state index contributed by atoms with van der Waals surface area (Å²) in [6.45, 7) is 0. The van der Waals surface area contributed by atoms with Crippen LogP contribution in [0.4, 0.5) is 0 Å². The lowest BCUT2D eigenvalue weighted by molar-refractivity contribution is 0.0913. The van der Waals surface area contributed by atoms with E-state index in [-0.39, 0.29) is 10.9 Å². The van der Waals surface area contributed by atoms with Gasteiger partial charge in [0.1, 0.15) is 5.54 Å². The van der Waals surface area contributed by atoms with Crippen LogP contribution in [0.1, 0.15) is 48.9 Å². The maximum Gasteiger partial charge on any atom is 0.254 e. The number of carbonyl (C=O) groups excluding carboxylic acids is 1. The summed E-state index contributed by atoms with van der Waals surface area (Å²) >= 11 is 12.0. The van der Waals surface area contributed by atoms with Crippen molar-refractivity contribution in [1.82, 2.24) is 5.32 Å². The molecular formula is C15H16Cl2N2O. The van der Waals surface area contributed by atoms with E-state index in [0.29, 0.717) is 23.4 Å². The Morgan fingerprint density at radius 3 is 2.45 bits per heavy atom. The number of amides is 1. The van der Waals surface area contributed by atoms with Gasteiger partial charge in [-0.15, -0.1) is 0 Å². The third-order valence-corrected chi connectivity index (χ3v) is 4.54. The molecule has 1 fully saturated rings. The Morgan fingerprint density at radius 2 is 1.85 bits per heavy atom. The van der Waals surface area contributed by atoms with E-state index in [0.717, 1.165) is 25.7 Å². The van der Waals surface area contributed by atoms with Crippen LogP contribution in [0.2, 0.25) is 10.0 Å². The number of rotatable bonds is 2. The maximum atomic E-state index is 12.4. The lowest BCUT2D eigenvalue weighted by atomic mass is 9.91. The van der Waals surface area contributed by atoms with E-state index in [1.54, 1.807) is 18.2 Å². The lowest BCUT2D eigenvalue weighted by Gasteiger charge is -2.26. The van der Waals surface area contributed by atoms with E-state index in [2.05, 4.69) is 11.4 Å². The molecule has 1 saturated carbocycles. The number of nitriles is 1. The first kappa shape index (κ1) is 15.2. The monoisotopic (exact) mass is 310 g/mol. The second kappa shape index (κ2) is 6.47. The van der Waals surface area contributed by atoms with Crippen LogP contribution >= 0.6 is 23.2 Å². The van der Waals surface area contributed by atoms with Gasteiger partial charge in [-0.05, 0) is 25.0 Å². The Morgan fingerprint density at radius 1 is 1.20 bits per heavy atom. The number of benzene rings is 1. The molecule has 0 atom stereocenters. The number of hydrogen-bond donors (Lipinski definition) is 1. The van der Waals surface area contributed by atoms with Gasteiger partial charge in [-0.1, -0.05) is 55.0 Å². The largest absolute Gasteiger partial charge is 0.334 e. The van der Waals surface area contributed by atoms with Crippen molar-refractivity contribution < 1.29 is 4.79 Å². The molecule has 0 unspecified atom stereocenters. The van der Waals surface area contributed by atoms with E-state index < -0.39 is 5.54 Å². The smallest absolute Gasteiger partial charge is 0.254 e. The molecule has 2 rings (SSSR count). The minimum atomic E-state index is -0.779. The van der Waals surface area contributed by atoms with Gasteiger partial charge in [-0.2, -0.15) is 5.26 Å². The molecule has 0 radical (unpaired) electrons. The summed E-state index contributed by atoms with van der Waals surface area (Å²) in [6.07, 6.45) is 5.50. The van der Waals surface area contributed by atoms with Crippen LogP contribution in [-0.4, -0.2) is 11.4 Å². The van der Waals surface area contributed by atoms with Gasteiger partial charge >= 0.3 is 0 Å². The van der Waals surface area contributed by atoms with Crippen LogP contribution in [0.15, 0.2) is 18.2 Å². The fourth-order valence-electron chi connectivity index (χ4n) is 2.56. The van der Waals surface area contributed by atoms with Crippen molar-refractivity contribution in [3.05, 3.63) is 33.8 Å². The van der Waals surface area contributed by atoms with E-state index in [9.17, 15) is 10.1 Å². The molecular weight excluding hydrogens is 295 g/mol. The molecule has 0 bridgehead atoms. The molecule has 1 aliphatic carbocycles. The predicted octanol–water partition coefficient (Wildman–Crippen LogP) is 4.34. The first-order valence-electron chi connectivity index (χ1n) is 6.76. The van der Waals surface area contributed by atoms with Gasteiger partial charge in [0.2, 0.25) is 0 Å². The van der Waals surface area contributed by atoms with Crippen molar-refractivity contribution in [1.29, 1.82) is 5.26 Å². The number of carbonyl (C=O) groups is 1. The van der Waals surface area contributed by atoms with Gasteiger partial charge in [0, 0.05) is 0 Å². The molecule has 1 N–H and O–H groups in total. The van der Waals surface area contributed by atoms with E-state index >= 15 is 0 Å².